The molecule has 0 saturated carbocycles. The highest BCUT2D eigenvalue weighted by molar-refractivity contribution is 5.70. The summed E-state index contributed by atoms with van der Waals surface area (Å²) in [6.45, 7) is 6.33. The van der Waals surface area contributed by atoms with E-state index in [2.05, 4.69) is 0 Å². The molecule has 226 valence electrons. The van der Waals surface area contributed by atoms with E-state index >= 15 is 0 Å². The van der Waals surface area contributed by atoms with E-state index < -0.39 is 97.6 Å². The molecule has 0 aromatic heterocycles. The molecule has 0 spiro atoms. The van der Waals surface area contributed by atoms with E-state index in [-0.39, 0.29) is 0 Å². The second-order valence-corrected chi connectivity index (χ2v) is 8.20. The van der Waals surface area contributed by atoms with Crippen LogP contribution in [0.3, 0.4) is 0 Å². The summed E-state index contributed by atoms with van der Waals surface area (Å²) in [6, 6.07) is 0. The Balaban J connectivity index is 7.24. The van der Waals surface area contributed by atoms with E-state index in [1.54, 1.807) is 0 Å². The topological polar surface area (TPSA) is 210 Å². The Kier molecular flexibility index (Phi) is 15.5. The molecule has 16 heteroatoms. The van der Waals surface area contributed by atoms with Crippen LogP contribution < -0.4 is 0 Å². The molecular weight excluding hydrogens is 544 g/mol. The molecule has 0 aliphatic carbocycles. The van der Waals surface area contributed by atoms with Gasteiger partial charge in [-0.15, -0.1) is 0 Å². The third-order valence-corrected chi connectivity index (χ3v) is 4.45. The quantitative estimate of drug-likeness (QED) is 0.180. The van der Waals surface area contributed by atoms with Crippen molar-refractivity contribution >= 4 is 47.8 Å². The second-order valence-electron chi connectivity index (χ2n) is 8.20. The van der Waals surface area contributed by atoms with Gasteiger partial charge in [0.1, 0.15) is 13.2 Å². The van der Waals surface area contributed by atoms with Crippen LogP contribution in [0.25, 0.3) is 0 Å². The maximum absolute atomic E-state index is 12.2. The van der Waals surface area contributed by atoms with Gasteiger partial charge in [-0.3, -0.25) is 38.4 Å². The van der Waals surface area contributed by atoms with Crippen LogP contribution in [-0.2, 0) is 76.3 Å². The SMILES string of the molecule is CC(=O)OCC(OC(C)=O)C(OC(C)=O)C(OC(C)=O)C(OC(C)=O)C(OC(C)=O)C(COC(C)=O)OC(C)=O. The molecule has 0 aliphatic heterocycles. The zero-order valence-electron chi connectivity index (χ0n) is 23.4. The Morgan fingerprint density at radius 2 is 0.575 bits per heavy atom. The first-order chi connectivity index (χ1) is 18.4. The monoisotopic (exact) mass is 578 g/mol. The molecule has 0 aliphatic rings. The summed E-state index contributed by atoms with van der Waals surface area (Å²) in [4.78, 5) is 95.3. The summed E-state index contributed by atoms with van der Waals surface area (Å²) >= 11 is 0. The van der Waals surface area contributed by atoms with Gasteiger partial charge in [0, 0.05) is 55.4 Å². The van der Waals surface area contributed by atoms with Gasteiger partial charge in [-0.05, 0) is 0 Å². The maximum atomic E-state index is 12.2. The number of esters is 8. The minimum atomic E-state index is -1.95. The Morgan fingerprint density at radius 3 is 0.775 bits per heavy atom. The highest BCUT2D eigenvalue weighted by atomic mass is 16.7. The highest BCUT2D eigenvalue weighted by Crippen LogP contribution is 2.26. The van der Waals surface area contributed by atoms with Crippen LogP contribution in [0.15, 0.2) is 0 Å². The first kappa shape index (κ1) is 35.8. The molecule has 0 saturated heterocycles. The van der Waals surface area contributed by atoms with E-state index in [1.165, 1.54) is 0 Å². The minimum absolute atomic E-state index is 0.726. The standard InChI is InChI=1S/C24H34O16/c1-11(25)33-9-19(35-13(3)27)21(37-15(5)29)23(39-17(7)31)24(40-18(8)32)22(38-16(6)30)20(36-14(4)28)10-34-12(2)26/h19-24H,9-10H2,1-8H3. The molecule has 16 nitrogen and oxygen atoms in total. The molecule has 0 radical (unpaired) electrons. The van der Waals surface area contributed by atoms with Crippen LogP contribution in [0.5, 0.6) is 0 Å². The first-order valence-electron chi connectivity index (χ1n) is 11.7. The van der Waals surface area contributed by atoms with Crippen LogP contribution in [0.2, 0.25) is 0 Å². The van der Waals surface area contributed by atoms with Crippen molar-refractivity contribution in [2.24, 2.45) is 0 Å². The predicted molar refractivity (Wildman–Crippen MR) is 127 cm³/mol. The molecule has 0 bridgehead atoms. The Hall–Kier alpha value is -4.24. The van der Waals surface area contributed by atoms with Gasteiger partial charge < -0.3 is 37.9 Å². The van der Waals surface area contributed by atoms with Crippen molar-refractivity contribution in [1.82, 2.24) is 0 Å². The lowest BCUT2D eigenvalue weighted by Crippen LogP contribution is -2.59. The van der Waals surface area contributed by atoms with E-state index in [1.807, 2.05) is 0 Å². The van der Waals surface area contributed by atoms with Crippen molar-refractivity contribution in [3.05, 3.63) is 0 Å². The van der Waals surface area contributed by atoms with Gasteiger partial charge in [0.15, 0.2) is 36.6 Å². The lowest BCUT2D eigenvalue weighted by molar-refractivity contribution is -0.223. The molecule has 40 heavy (non-hydrogen) atoms. The second kappa shape index (κ2) is 17.4. The Bertz CT molecular complexity index is 881. The fraction of sp³-hybridized carbons (Fsp3) is 0.667. The first-order valence-corrected chi connectivity index (χ1v) is 11.7. The largest absolute Gasteiger partial charge is 0.462 e. The van der Waals surface area contributed by atoms with Gasteiger partial charge in [0.25, 0.3) is 0 Å². The molecule has 0 aromatic carbocycles. The number of ether oxygens (including phenoxy) is 8. The van der Waals surface area contributed by atoms with Gasteiger partial charge >= 0.3 is 47.8 Å². The molecule has 0 fully saturated rings. The Morgan fingerprint density at radius 1 is 0.350 bits per heavy atom. The van der Waals surface area contributed by atoms with E-state index in [9.17, 15) is 38.4 Å². The maximum Gasteiger partial charge on any atom is 0.303 e. The molecule has 6 atom stereocenters. The smallest absolute Gasteiger partial charge is 0.303 e. The van der Waals surface area contributed by atoms with Crippen molar-refractivity contribution in [2.45, 2.75) is 92.0 Å². The molecule has 0 aromatic rings. The summed E-state index contributed by atoms with van der Waals surface area (Å²) in [5, 5.41) is 0. The Labute approximate surface area is 229 Å². The van der Waals surface area contributed by atoms with E-state index in [4.69, 9.17) is 37.9 Å². The number of carbonyl (C=O) groups excluding carboxylic acids is 8. The summed E-state index contributed by atoms with van der Waals surface area (Å²) < 4.78 is 41.3. The van der Waals surface area contributed by atoms with Crippen LogP contribution in [0, 0.1) is 0 Å². The van der Waals surface area contributed by atoms with Gasteiger partial charge in [-0.2, -0.15) is 0 Å². The van der Waals surface area contributed by atoms with Crippen molar-refractivity contribution < 1.29 is 76.3 Å². The zero-order valence-corrected chi connectivity index (χ0v) is 23.4. The average Bonchev–Trinajstić information content (AvgIpc) is 2.77. The van der Waals surface area contributed by atoms with Crippen molar-refractivity contribution in [2.75, 3.05) is 13.2 Å². The number of hydrogen-bond acceptors (Lipinski definition) is 16. The normalized spacial score (nSPS) is 14.9. The average molecular weight is 579 g/mol. The lowest BCUT2D eigenvalue weighted by atomic mass is 9.95. The van der Waals surface area contributed by atoms with Crippen LogP contribution in [0.1, 0.15) is 55.4 Å². The van der Waals surface area contributed by atoms with Crippen molar-refractivity contribution in [3.8, 4) is 0 Å². The van der Waals surface area contributed by atoms with Gasteiger partial charge in [-0.25, -0.2) is 0 Å². The fourth-order valence-corrected chi connectivity index (χ4v) is 3.33. The van der Waals surface area contributed by atoms with Crippen molar-refractivity contribution in [3.63, 3.8) is 0 Å². The zero-order chi connectivity index (χ0) is 31.2. The van der Waals surface area contributed by atoms with Gasteiger partial charge in [0.2, 0.25) is 0 Å². The highest BCUT2D eigenvalue weighted by Gasteiger charge is 2.51. The van der Waals surface area contributed by atoms with Crippen LogP contribution in [-0.4, -0.2) is 97.6 Å². The molecule has 0 rings (SSSR count). The van der Waals surface area contributed by atoms with Gasteiger partial charge in [-0.1, -0.05) is 0 Å². The van der Waals surface area contributed by atoms with Gasteiger partial charge in [0.05, 0.1) is 0 Å². The van der Waals surface area contributed by atoms with Crippen LogP contribution in [0.4, 0.5) is 0 Å². The summed E-state index contributed by atoms with van der Waals surface area (Å²) in [6.07, 6.45) is -11.0. The molecule has 0 heterocycles. The lowest BCUT2D eigenvalue weighted by Gasteiger charge is -2.39. The van der Waals surface area contributed by atoms with E-state index in [0.29, 0.717) is 0 Å². The summed E-state index contributed by atoms with van der Waals surface area (Å²) in [7, 11) is 0. The number of rotatable bonds is 15. The third kappa shape index (κ3) is 14.6. The molecule has 0 amide bonds. The summed E-state index contributed by atoms with van der Waals surface area (Å²) in [5.74, 6) is -7.64. The predicted octanol–water partition coefficient (Wildman–Crippen LogP) is -0.297. The van der Waals surface area contributed by atoms with Crippen LogP contribution >= 0.6 is 0 Å². The number of hydrogen-bond donors (Lipinski definition) is 0. The fourth-order valence-electron chi connectivity index (χ4n) is 3.33. The molecular formula is C24H34O16. The summed E-state index contributed by atoms with van der Waals surface area (Å²) in [5.41, 5.74) is 0. The number of carbonyl (C=O) groups is 8. The molecule has 6 unspecified atom stereocenters. The third-order valence-electron chi connectivity index (χ3n) is 4.45. The minimum Gasteiger partial charge on any atom is -0.462 e. The van der Waals surface area contributed by atoms with E-state index in [0.717, 1.165) is 55.4 Å². The van der Waals surface area contributed by atoms with Crippen molar-refractivity contribution in [1.29, 1.82) is 0 Å². The molecule has 0 N–H and O–H groups in total.